The zero-order chi connectivity index (χ0) is 8.43. The maximum absolute atomic E-state index is 10.3. The van der Waals surface area contributed by atoms with Gasteiger partial charge in [0.25, 0.3) is 0 Å². The number of aromatic nitrogens is 2. The summed E-state index contributed by atoms with van der Waals surface area (Å²) in [5.41, 5.74) is 0. The van der Waals surface area contributed by atoms with Gasteiger partial charge in [0.2, 0.25) is 0 Å². The van der Waals surface area contributed by atoms with Gasteiger partial charge in [-0.15, -0.1) is 0 Å². The number of imidazole rings is 1. The van der Waals surface area contributed by atoms with Crippen molar-refractivity contribution in [3.63, 3.8) is 0 Å². The SMILES string of the molecule is CBn1c([N+](=O)[O-])cnc1C. The molecule has 0 unspecified atom stereocenters. The van der Waals surface area contributed by atoms with Crippen molar-refractivity contribution in [1.29, 1.82) is 0 Å². The molecule has 1 aromatic rings. The van der Waals surface area contributed by atoms with Crippen molar-refractivity contribution in [2.24, 2.45) is 0 Å². The van der Waals surface area contributed by atoms with E-state index in [0.717, 1.165) is 0 Å². The Bertz CT molecular complexity index is 283. The van der Waals surface area contributed by atoms with E-state index in [1.165, 1.54) is 6.20 Å². The highest BCUT2D eigenvalue weighted by Gasteiger charge is 2.14. The lowest BCUT2D eigenvalue weighted by atomic mass is 9.99. The van der Waals surface area contributed by atoms with Crippen molar-refractivity contribution in [2.75, 3.05) is 0 Å². The third-order valence-corrected chi connectivity index (χ3v) is 1.54. The summed E-state index contributed by atoms with van der Waals surface area (Å²) in [6.45, 7) is 3.60. The summed E-state index contributed by atoms with van der Waals surface area (Å²) < 4.78 is 1.56. The highest BCUT2D eigenvalue weighted by Crippen LogP contribution is 2.10. The van der Waals surface area contributed by atoms with Crippen LogP contribution in [-0.4, -0.2) is 21.8 Å². The van der Waals surface area contributed by atoms with Crippen molar-refractivity contribution in [3.8, 4) is 0 Å². The monoisotopic (exact) mass is 153 g/mol. The normalized spacial score (nSPS) is 9.64. The van der Waals surface area contributed by atoms with Crippen molar-refractivity contribution < 1.29 is 4.92 Å². The van der Waals surface area contributed by atoms with Crippen LogP contribution in [0.4, 0.5) is 5.82 Å². The van der Waals surface area contributed by atoms with Crippen LogP contribution in [0.5, 0.6) is 0 Å². The molecule has 0 saturated carbocycles. The average Bonchev–Trinajstić information content (AvgIpc) is 2.30. The highest BCUT2D eigenvalue weighted by molar-refractivity contribution is 6.32. The molecule has 0 spiro atoms. The van der Waals surface area contributed by atoms with E-state index in [2.05, 4.69) is 4.98 Å². The largest absolute Gasteiger partial charge is 0.360 e. The van der Waals surface area contributed by atoms with Crippen molar-refractivity contribution in [3.05, 3.63) is 22.1 Å². The molecule has 5 nitrogen and oxygen atoms in total. The lowest BCUT2D eigenvalue weighted by molar-refractivity contribution is -0.390. The molecule has 0 amide bonds. The van der Waals surface area contributed by atoms with E-state index in [1.807, 2.05) is 6.82 Å². The molecule has 1 heterocycles. The zero-order valence-corrected chi connectivity index (χ0v) is 6.44. The molecule has 58 valence electrons. The van der Waals surface area contributed by atoms with E-state index in [9.17, 15) is 10.1 Å². The van der Waals surface area contributed by atoms with Crippen molar-refractivity contribution in [1.82, 2.24) is 9.46 Å². The van der Waals surface area contributed by atoms with Gasteiger partial charge in [0.1, 0.15) is 6.20 Å². The molecule has 0 N–H and O–H groups in total. The van der Waals surface area contributed by atoms with Crippen LogP contribution in [0.2, 0.25) is 6.82 Å². The van der Waals surface area contributed by atoms with Crippen LogP contribution in [0.15, 0.2) is 6.20 Å². The van der Waals surface area contributed by atoms with Gasteiger partial charge in [-0.25, -0.2) is 4.98 Å². The van der Waals surface area contributed by atoms with Crippen LogP contribution in [0.3, 0.4) is 0 Å². The van der Waals surface area contributed by atoms with E-state index in [0.29, 0.717) is 13.2 Å². The average molecular weight is 153 g/mol. The number of nitro groups is 1. The highest BCUT2D eigenvalue weighted by atomic mass is 16.6. The predicted molar refractivity (Wildman–Crippen MR) is 42.0 cm³/mol. The van der Waals surface area contributed by atoms with Crippen LogP contribution < -0.4 is 0 Å². The molecule has 0 fully saturated rings. The molecule has 0 aromatic carbocycles. The Labute approximate surface area is 64.5 Å². The molecule has 0 aliphatic carbocycles. The fourth-order valence-electron chi connectivity index (χ4n) is 0.993. The maximum atomic E-state index is 10.3. The molecule has 0 aliphatic rings. The third-order valence-electron chi connectivity index (χ3n) is 1.54. The van der Waals surface area contributed by atoms with Gasteiger partial charge in [-0.3, -0.25) is 4.48 Å². The lowest BCUT2D eigenvalue weighted by Crippen LogP contribution is -2.07. The molecule has 0 saturated heterocycles. The molecule has 0 atom stereocenters. The minimum atomic E-state index is -0.427. The van der Waals surface area contributed by atoms with E-state index >= 15 is 0 Å². The summed E-state index contributed by atoms with van der Waals surface area (Å²) in [6.07, 6.45) is 1.28. The summed E-state index contributed by atoms with van der Waals surface area (Å²) in [4.78, 5) is 13.7. The van der Waals surface area contributed by atoms with Gasteiger partial charge in [0.05, 0.1) is 0 Å². The smallest absolute Gasteiger partial charge is 0.358 e. The minimum Gasteiger partial charge on any atom is -0.358 e. The maximum Gasteiger partial charge on any atom is 0.360 e. The van der Waals surface area contributed by atoms with Gasteiger partial charge in [-0.1, -0.05) is 0 Å². The summed E-state index contributed by atoms with van der Waals surface area (Å²) in [7, 11) is 0.585. The first-order valence-electron chi connectivity index (χ1n) is 3.33. The number of nitrogens with zero attached hydrogens (tertiary/aromatic N) is 3. The van der Waals surface area contributed by atoms with Gasteiger partial charge < -0.3 is 10.1 Å². The fraction of sp³-hybridized carbons (Fsp3) is 0.400. The number of rotatable bonds is 2. The second-order valence-electron chi connectivity index (χ2n) is 2.16. The molecule has 11 heavy (non-hydrogen) atoms. The zero-order valence-electron chi connectivity index (χ0n) is 6.44. The Kier molecular flexibility index (Phi) is 1.93. The Hall–Kier alpha value is -1.33. The van der Waals surface area contributed by atoms with E-state index < -0.39 is 4.92 Å². The summed E-state index contributed by atoms with van der Waals surface area (Å²) >= 11 is 0. The first-order valence-corrected chi connectivity index (χ1v) is 3.33. The van der Waals surface area contributed by atoms with Gasteiger partial charge in [-0.05, 0) is 11.7 Å². The molecule has 1 aromatic heterocycles. The van der Waals surface area contributed by atoms with Crippen LogP contribution in [0, 0.1) is 17.0 Å². The fourth-order valence-corrected chi connectivity index (χ4v) is 0.993. The topological polar surface area (TPSA) is 61.0 Å². The first-order chi connectivity index (χ1) is 5.16. The van der Waals surface area contributed by atoms with Crippen LogP contribution in [0.1, 0.15) is 5.82 Å². The molecule has 0 radical (unpaired) electrons. The van der Waals surface area contributed by atoms with Gasteiger partial charge in [-0.2, -0.15) is 0 Å². The molecular formula is C5H8BN3O2. The number of hydrogen-bond donors (Lipinski definition) is 0. The Morgan fingerprint density at radius 3 is 2.82 bits per heavy atom. The van der Waals surface area contributed by atoms with E-state index in [4.69, 9.17) is 0 Å². The molecule has 6 heteroatoms. The van der Waals surface area contributed by atoms with Crippen molar-refractivity contribution >= 4 is 13.2 Å². The quantitative estimate of drug-likeness (QED) is 0.349. The number of aryl methyl sites for hydroxylation is 1. The Morgan fingerprint density at radius 1 is 1.82 bits per heavy atom. The van der Waals surface area contributed by atoms with Crippen LogP contribution in [-0.2, 0) is 0 Å². The summed E-state index contributed by atoms with van der Waals surface area (Å²) in [6, 6.07) is 0. The first kappa shape index (κ1) is 7.78. The van der Waals surface area contributed by atoms with Gasteiger partial charge in [0, 0.05) is 6.92 Å². The predicted octanol–water partition coefficient (Wildman–Crippen LogP) is 0.347. The third kappa shape index (κ3) is 1.24. The second kappa shape index (κ2) is 2.73. The van der Waals surface area contributed by atoms with Crippen molar-refractivity contribution in [2.45, 2.75) is 13.7 Å². The van der Waals surface area contributed by atoms with Gasteiger partial charge in [0.15, 0.2) is 5.82 Å². The second-order valence-corrected chi connectivity index (χ2v) is 2.16. The molecule has 1 rings (SSSR count). The summed E-state index contributed by atoms with van der Waals surface area (Å²) in [5, 5.41) is 10.3. The minimum absolute atomic E-state index is 0.0602. The summed E-state index contributed by atoms with van der Waals surface area (Å²) in [5.74, 6) is 0.740. The van der Waals surface area contributed by atoms with Gasteiger partial charge >= 0.3 is 13.2 Å². The van der Waals surface area contributed by atoms with Crippen LogP contribution in [0.25, 0.3) is 0 Å². The van der Waals surface area contributed by atoms with Crippen LogP contribution >= 0.6 is 0 Å². The Balaban J connectivity index is 3.15. The standard InChI is InChI=1S/C5H8BN3O2/c1-4-7-3-5(9(10)11)8(4)6-2/h3,6H,1-2H3. The van der Waals surface area contributed by atoms with E-state index in [1.54, 1.807) is 11.4 Å². The molecule has 0 aliphatic heterocycles. The Morgan fingerprint density at radius 2 is 2.45 bits per heavy atom. The molecule has 0 bridgehead atoms. The number of hydrogen-bond acceptors (Lipinski definition) is 3. The molecular weight excluding hydrogens is 145 g/mol. The van der Waals surface area contributed by atoms with E-state index in [-0.39, 0.29) is 5.82 Å². The lowest BCUT2D eigenvalue weighted by Gasteiger charge is -1.96.